The highest BCUT2D eigenvalue weighted by Crippen LogP contribution is 2.14. The number of nitro groups is 1. The third-order valence-electron chi connectivity index (χ3n) is 2.83. The highest BCUT2D eigenvalue weighted by Gasteiger charge is 2.14. The van der Waals surface area contributed by atoms with Gasteiger partial charge in [0, 0.05) is 17.7 Å². The fourth-order valence-electron chi connectivity index (χ4n) is 1.99. The predicted octanol–water partition coefficient (Wildman–Crippen LogP) is 2.90. The monoisotopic (exact) mass is 264 g/mol. The van der Waals surface area contributed by atoms with Crippen LogP contribution in [0.1, 0.15) is 37.0 Å². The molecule has 104 valence electrons. The maximum atomic E-state index is 12.1. The van der Waals surface area contributed by atoms with E-state index in [4.69, 9.17) is 0 Å². The van der Waals surface area contributed by atoms with Crippen molar-refractivity contribution in [3.63, 3.8) is 0 Å². The van der Waals surface area contributed by atoms with Crippen LogP contribution in [0.4, 0.5) is 5.69 Å². The van der Waals surface area contributed by atoms with Crippen molar-refractivity contribution in [3.05, 3.63) is 39.9 Å². The summed E-state index contributed by atoms with van der Waals surface area (Å²) in [6.07, 6.45) is 1.98. The Hall–Kier alpha value is -1.75. The van der Waals surface area contributed by atoms with Gasteiger partial charge in [0.05, 0.1) is 11.5 Å². The van der Waals surface area contributed by atoms with Crippen LogP contribution in [0.3, 0.4) is 0 Å². The molecule has 0 fully saturated rings. The molecule has 0 aliphatic carbocycles. The van der Waals surface area contributed by atoms with Crippen molar-refractivity contribution in [1.29, 1.82) is 0 Å². The van der Waals surface area contributed by atoms with Crippen LogP contribution in [0.5, 0.6) is 0 Å². The van der Waals surface area contributed by atoms with E-state index in [0.29, 0.717) is 12.1 Å². The molecule has 0 N–H and O–H groups in total. The molecule has 19 heavy (non-hydrogen) atoms. The topological polar surface area (TPSA) is 63.5 Å². The van der Waals surface area contributed by atoms with Gasteiger partial charge in [-0.15, -0.1) is 0 Å². The molecule has 5 nitrogen and oxygen atoms in total. The van der Waals surface area contributed by atoms with Gasteiger partial charge in [0.1, 0.15) is 0 Å². The Bertz CT molecular complexity index is 440. The molecule has 0 spiro atoms. The number of nitrogens with zero attached hydrogens (tertiary/aromatic N) is 2. The first kappa shape index (κ1) is 15.3. The molecular weight excluding hydrogens is 244 g/mol. The highest BCUT2D eigenvalue weighted by molar-refractivity contribution is 5.98. The van der Waals surface area contributed by atoms with E-state index in [1.54, 1.807) is 12.1 Å². The average molecular weight is 264 g/mol. The van der Waals surface area contributed by atoms with Crippen molar-refractivity contribution in [2.24, 2.45) is 0 Å². The Balaban J connectivity index is 2.76. The lowest BCUT2D eigenvalue weighted by atomic mass is 10.1. The number of Topliss-reactive ketones (excluding diaryl/α,β-unsaturated/α-hetero) is 1. The standard InChI is InChI=1S/C14H20N2O3/c1-3-8-15(9-4-2)11-14(17)12-6-5-7-13(10-12)16(18)19/h5-7,10H,3-4,8-9,11H2,1-2H3. The zero-order valence-corrected chi connectivity index (χ0v) is 11.5. The predicted molar refractivity (Wildman–Crippen MR) is 74.4 cm³/mol. The zero-order valence-electron chi connectivity index (χ0n) is 11.5. The second-order valence-corrected chi connectivity index (χ2v) is 4.51. The molecule has 1 aromatic rings. The minimum absolute atomic E-state index is 0.0385. The molecule has 0 aromatic heterocycles. The van der Waals surface area contributed by atoms with Crippen LogP contribution >= 0.6 is 0 Å². The first-order valence-electron chi connectivity index (χ1n) is 6.58. The third kappa shape index (κ3) is 4.79. The number of carbonyl (C=O) groups is 1. The molecule has 0 heterocycles. The lowest BCUT2D eigenvalue weighted by Crippen LogP contribution is -2.31. The SMILES string of the molecule is CCCN(CCC)CC(=O)c1cccc([N+](=O)[O-])c1. The summed E-state index contributed by atoms with van der Waals surface area (Å²) in [6.45, 7) is 6.20. The van der Waals surface area contributed by atoms with Gasteiger partial charge < -0.3 is 0 Å². The Morgan fingerprint density at radius 3 is 2.42 bits per heavy atom. The molecule has 0 amide bonds. The Morgan fingerprint density at radius 1 is 1.26 bits per heavy atom. The molecular formula is C14H20N2O3. The smallest absolute Gasteiger partial charge is 0.270 e. The van der Waals surface area contributed by atoms with Gasteiger partial charge in [0.25, 0.3) is 5.69 Å². The Morgan fingerprint density at radius 2 is 1.89 bits per heavy atom. The van der Waals surface area contributed by atoms with Crippen molar-refractivity contribution in [3.8, 4) is 0 Å². The summed E-state index contributed by atoms with van der Waals surface area (Å²) in [6, 6.07) is 5.92. The molecule has 5 heteroatoms. The van der Waals surface area contributed by atoms with Crippen molar-refractivity contribution < 1.29 is 9.72 Å². The number of nitro benzene ring substituents is 1. The van der Waals surface area contributed by atoms with Gasteiger partial charge in [0.2, 0.25) is 0 Å². The maximum absolute atomic E-state index is 12.1. The number of rotatable bonds is 8. The minimum Gasteiger partial charge on any atom is -0.296 e. The van der Waals surface area contributed by atoms with Crippen LogP contribution in [0.15, 0.2) is 24.3 Å². The third-order valence-corrected chi connectivity index (χ3v) is 2.83. The van der Waals surface area contributed by atoms with Crippen LogP contribution in [-0.2, 0) is 0 Å². The molecule has 0 aliphatic rings. The summed E-state index contributed by atoms with van der Waals surface area (Å²) in [7, 11) is 0. The first-order valence-corrected chi connectivity index (χ1v) is 6.58. The highest BCUT2D eigenvalue weighted by atomic mass is 16.6. The fraction of sp³-hybridized carbons (Fsp3) is 0.500. The zero-order chi connectivity index (χ0) is 14.3. The van der Waals surface area contributed by atoms with E-state index in [0.717, 1.165) is 25.9 Å². The quantitative estimate of drug-likeness (QED) is 0.411. The summed E-state index contributed by atoms with van der Waals surface area (Å²) in [5.74, 6) is -0.0643. The van der Waals surface area contributed by atoms with Crippen molar-refractivity contribution >= 4 is 11.5 Å². The van der Waals surface area contributed by atoms with E-state index in [9.17, 15) is 14.9 Å². The van der Waals surface area contributed by atoms with Crippen LogP contribution < -0.4 is 0 Å². The molecule has 0 saturated carbocycles. The van der Waals surface area contributed by atoms with Gasteiger partial charge in [-0.1, -0.05) is 26.0 Å². The van der Waals surface area contributed by atoms with Crippen LogP contribution in [0.25, 0.3) is 0 Å². The van der Waals surface area contributed by atoms with Crippen molar-refractivity contribution in [1.82, 2.24) is 4.90 Å². The van der Waals surface area contributed by atoms with Gasteiger partial charge in [0.15, 0.2) is 5.78 Å². The van der Waals surface area contributed by atoms with Crippen LogP contribution in [0.2, 0.25) is 0 Å². The summed E-state index contributed by atoms with van der Waals surface area (Å²) in [5, 5.41) is 10.7. The summed E-state index contributed by atoms with van der Waals surface area (Å²) in [4.78, 5) is 24.4. The Labute approximate surface area is 113 Å². The lowest BCUT2D eigenvalue weighted by molar-refractivity contribution is -0.384. The van der Waals surface area contributed by atoms with Gasteiger partial charge in [-0.25, -0.2) is 0 Å². The van der Waals surface area contributed by atoms with E-state index < -0.39 is 4.92 Å². The molecule has 0 atom stereocenters. The molecule has 0 saturated heterocycles. The number of ketones is 1. The normalized spacial score (nSPS) is 10.7. The van der Waals surface area contributed by atoms with Gasteiger partial charge >= 0.3 is 0 Å². The molecule has 0 radical (unpaired) electrons. The Kier molecular flexibility index (Phi) is 6.15. The van der Waals surface area contributed by atoms with E-state index in [1.165, 1.54) is 12.1 Å². The number of hydrogen-bond acceptors (Lipinski definition) is 4. The molecule has 1 aromatic carbocycles. The first-order chi connectivity index (χ1) is 9.08. The number of carbonyl (C=O) groups excluding carboxylic acids is 1. The fourth-order valence-corrected chi connectivity index (χ4v) is 1.99. The van der Waals surface area contributed by atoms with Crippen LogP contribution in [-0.4, -0.2) is 35.2 Å². The van der Waals surface area contributed by atoms with Gasteiger partial charge in [-0.05, 0) is 25.9 Å². The summed E-state index contributed by atoms with van der Waals surface area (Å²) < 4.78 is 0. The molecule has 1 rings (SSSR count). The molecule has 0 unspecified atom stereocenters. The minimum atomic E-state index is -0.480. The van der Waals surface area contributed by atoms with Crippen molar-refractivity contribution in [2.75, 3.05) is 19.6 Å². The second kappa shape index (κ2) is 7.63. The largest absolute Gasteiger partial charge is 0.296 e. The second-order valence-electron chi connectivity index (χ2n) is 4.51. The van der Waals surface area contributed by atoms with Crippen LogP contribution in [0, 0.1) is 10.1 Å². The van der Waals surface area contributed by atoms with Gasteiger partial charge in [-0.2, -0.15) is 0 Å². The maximum Gasteiger partial charge on any atom is 0.270 e. The van der Waals surface area contributed by atoms with Crippen molar-refractivity contribution in [2.45, 2.75) is 26.7 Å². The molecule has 0 aliphatic heterocycles. The lowest BCUT2D eigenvalue weighted by Gasteiger charge is -2.19. The van der Waals surface area contributed by atoms with E-state index in [1.807, 2.05) is 0 Å². The summed E-state index contributed by atoms with van der Waals surface area (Å²) in [5.41, 5.74) is 0.370. The van der Waals surface area contributed by atoms with E-state index in [-0.39, 0.29) is 11.5 Å². The van der Waals surface area contributed by atoms with E-state index >= 15 is 0 Å². The average Bonchev–Trinajstić information content (AvgIpc) is 2.39. The molecule has 0 bridgehead atoms. The summed E-state index contributed by atoms with van der Waals surface area (Å²) >= 11 is 0. The van der Waals surface area contributed by atoms with E-state index in [2.05, 4.69) is 18.7 Å². The van der Waals surface area contributed by atoms with Gasteiger partial charge in [-0.3, -0.25) is 19.8 Å². The number of benzene rings is 1. The number of non-ortho nitro benzene ring substituents is 1. The number of hydrogen-bond donors (Lipinski definition) is 0.